The zero-order valence-corrected chi connectivity index (χ0v) is 12.3. The molecule has 0 aromatic carbocycles. The molecule has 0 amide bonds. The van der Waals surface area contributed by atoms with Gasteiger partial charge in [-0.1, -0.05) is 19.3 Å². The molecule has 1 fully saturated rings. The zero-order valence-electron chi connectivity index (χ0n) is 11.5. The maximum atomic E-state index is 11.9. The van der Waals surface area contributed by atoms with Crippen LogP contribution in [0.3, 0.4) is 0 Å². The smallest absolute Gasteiger partial charge is 0.315 e. The van der Waals surface area contributed by atoms with Crippen molar-refractivity contribution in [2.45, 2.75) is 63.7 Å². The lowest BCUT2D eigenvalue weighted by Crippen LogP contribution is -2.14. The number of hydrogen-bond donors (Lipinski definition) is 0. The van der Waals surface area contributed by atoms with Gasteiger partial charge in [-0.25, -0.2) is 4.98 Å². The molecule has 0 aliphatic heterocycles. The maximum absolute atomic E-state index is 11.9. The number of carbonyl (C=O) groups is 1. The highest BCUT2D eigenvalue weighted by molar-refractivity contribution is 7.11. The van der Waals surface area contributed by atoms with Crippen LogP contribution in [0.25, 0.3) is 0 Å². The molecule has 1 aromatic rings. The number of esters is 1. The fourth-order valence-corrected chi connectivity index (χ4v) is 4.55. The number of aryl methyl sites for hydroxylation is 1. The van der Waals surface area contributed by atoms with E-state index in [0.29, 0.717) is 12.5 Å². The first-order chi connectivity index (χ1) is 9.29. The summed E-state index contributed by atoms with van der Waals surface area (Å²) in [6.07, 6.45) is 8.47. The van der Waals surface area contributed by atoms with Crippen molar-refractivity contribution in [3.8, 4) is 0 Å². The Kier molecular flexibility index (Phi) is 3.87. The van der Waals surface area contributed by atoms with Gasteiger partial charge in [-0.3, -0.25) is 4.79 Å². The van der Waals surface area contributed by atoms with Gasteiger partial charge >= 0.3 is 5.97 Å². The predicted molar refractivity (Wildman–Crippen MR) is 75.6 cm³/mol. The minimum absolute atomic E-state index is 0.0817. The fourth-order valence-electron chi connectivity index (χ4n) is 3.24. The molecule has 0 saturated heterocycles. The van der Waals surface area contributed by atoms with Crippen LogP contribution < -0.4 is 0 Å². The van der Waals surface area contributed by atoms with E-state index < -0.39 is 0 Å². The van der Waals surface area contributed by atoms with Crippen LogP contribution in [0.1, 0.15) is 72.9 Å². The van der Waals surface area contributed by atoms with E-state index in [1.54, 1.807) is 0 Å². The van der Waals surface area contributed by atoms with Crippen LogP contribution in [0.5, 0.6) is 0 Å². The van der Waals surface area contributed by atoms with E-state index >= 15 is 0 Å². The van der Waals surface area contributed by atoms with Crippen molar-refractivity contribution in [3.05, 3.63) is 15.6 Å². The number of rotatable bonds is 3. The largest absolute Gasteiger partial charge is 0.465 e. The number of nitrogens with zero attached hydrogens (tertiary/aromatic N) is 1. The van der Waals surface area contributed by atoms with E-state index in [4.69, 9.17) is 9.72 Å². The van der Waals surface area contributed by atoms with Gasteiger partial charge in [-0.2, -0.15) is 0 Å². The predicted octanol–water partition coefficient (Wildman–Crippen LogP) is 3.78. The molecule has 104 valence electrons. The van der Waals surface area contributed by atoms with E-state index in [0.717, 1.165) is 18.5 Å². The van der Waals surface area contributed by atoms with Crippen molar-refractivity contribution < 1.29 is 9.53 Å². The van der Waals surface area contributed by atoms with Gasteiger partial charge in [0, 0.05) is 10.8 Å². The monoisotopic (exact) mass is 279 g/mol. The molecule has 3 rings (SSSR count). The van der Waals surface area contributed by atoms with E-state index in [2.05, 4.69) is 0 Å². The van der Waals surface area contributed by atoms with Crippen LogP contribution in [-0.2, 0) is 16.0 Å². The van der Waals surface area contributed by atoms with Crippen LogP contribution in [0.2, 0.25) is 0 Å². The van der Waals surface area contributed by atoms with Crippen LogP contribution >= 0.6 is 11.3 Å². The van der Waals surface area contributed by atoms with Gasteiger partial charge in [-0.15, -0.1) is 11.3 Å². The molecule has 1 aromatic heterocycles. The van der Waals surface area contributed by atoms with Crippen molar-refractivity contribution in [2.75, 3.05) is 6.61 Å². The molecule has 3 nitrogen and oxygen atoms in total. The first-order valence-electron chi connectivity index (χ1n) is 7.45. The first kappa shape index (κ1) is 13.1. The van der Waals surface area contributed by atoms with Crippen LogP contribution in [-0.4, -0.2) is 17.6 Å². The third-order valence-electron chi connectivity index (χ3n) is 4.26. The fraction of sp³-hybridized carbons (Fsp3) is 0.733. The minimum atomic E-state index is -0.0939. The maximum Gasteiger partial charge on any atom is 0.315 e. The Balaban J connectivity index is 1.78. The number of thiazole rings is 1. The quantitative estimate of drug-likeness (QED) is 0.790. The van der Waals surface area contributed by atoms with E-state index in [1.165, 1.54) is 42.0 Å². The summed E-state index contributed by atoms with van der Waals surface area (Å²) in [5, 5.41) is 1.28. The Bertz CT molecular complexity index is 463. The minimum Gasteiger partial charge on any atom is -0.465 e. The Morgan fingerprint density at radius 3 is 2.84 bits per heavy atom. The number of carbonyl (C=O) groups excluding carboxylic acids is 1. The average Bonchev–Trinajstić information content (AvgIpc) is 2.99. The second-order valence-electron chi connectivity index (χ2n) is 5.54. The van der Waals surface area contributed by atoms with Crippen molar-refractivity contribution in [3.63, 3.8) is 0 Å². The molecule has 0 N–H and O–H groups in total. The average molecular weight is 279 g/mol. The second kappa shape index (κ2) is 5.61. The molecular weight excluding hydrogens is 258 g/mol. The summed E-state index contributed by atoms with van der Waals surface area (Å²) in [4.78, 5) is 18.1. The van der Waals surface area contributed by atoms with Gasteiger partial charge in [0.15, 0.2) is 0 Å². The third kappa shape index (κ3) is 2.55. The molecule has 19 heavy (non-hydrogen) atoms. The van der Waals surface area contributed by atoms with Gasteiger partial charge < -0.3 is 4.74 Å². The second-order valence-corrected chi connectivity index (χ2v) is 6.65. The molecule has 1 saturated carbocycles. The molecule has 1 atom stereocenters. The Hall–Kier alpha value is -0.900. The highest BCUT2D eigenvalue weighted by Gasteiger charge is 2.34. The van der Waals surface area contributed by atoms with Gasteiger partial charge in [-0.05, 0) is 32.6 Å². The van der Waals surface area contributed by atoms with E-state index in [9.17, 15) is 4.79 Å². The summed E-state index contributed by atoms with van der Waals surface area (Å²) < 4.78 is 5.16. The molecule has 2 aliphatic rings. The summed E-state index contributed by atoms with van der Waals surface area (Å²) in [7, 11) is 0. The molecular formula is C15H21NO2S. The Morgan fingerprint density at radius 2 is 2.11 bits per heavy atom. The van der Waals surface area contributed by atoms with Gasteiger partial charge in [0.2, 0.25) is 0 Å². The van der Waals surface area contributed by atoms with Gasteiger partial charge in [0.25, 0.3) is 0 Å². The molecule has 4 heteroatoms. The normalized spacial score (nSPS) is 23.3. The Labute approximate surface area is 118 Å². The Morgan fingerprint density at radius 1 is 1.32 bits per heavy atom. The first-order valence-corrected chi connectivity index (χ1v) is 8.27. The lowest BCUT2D eigenvalue weighted by atomic mass is 9.90. The molecule has 2 aliphatic carbocycles. The topological polar surface area (TPSA) is 39.2 Å². The van der Waals surface area contributed by atoms with Crippen molar-refractivity contribution >= 4 is 17.3 Å². The lowest BCUT2D eigenvalue weighted by molar-refractivity contribution is -0.145. The summed E-state index contributed by atoms with van der Waals surface area (Å²) in [5.74, 6) is 0.470. The van der Waals surface area contributed by atoms with Crippen LogP contribution in [0.4, 0.5) is 0 Å². The lowest BCUT2D eigenvalue weighted by Gasteiger charge is -2.19. The molecule has 1 unspecified atom stereocenters. The van der Waals surface area contributed by atoms with E-state index in [1.807, 2.05) is 18.3 Å². The number of hydrogen-bond acceptors (Lipinski definition) is 4. The van der Waals surface area contributed by atoms with Crippen molar-refractivity contribution in [1.29, 1.82) is 0 Å². The molecule has 0 bridgehead atoms. The van der Waals surface area contributed by atoms with Gasteiger partial charge in [0.1, 0.15) is 5.92 Å². The van der Waals surface area contributed by atoms with Crippen molar-refractivity contribution in [2.24, 2.45) is 0 Å². The molecule has 1 heterocycles. The third-order valence-corrected chi connectivity index (χ3v) is 5.55. The van der Waals surface area contributed by atoms with Crippen LogP contribution in [0.15, 0.2) is 0 Å². The highest BCUT2D eigenvalue weighted by atomic mass is 32.1. The highest BCUT2D eigenvalue weighted by Crippen LogP contribution is 2.42. The standard InChI is InChI=1S/C15H21NO2S/c1-2-18-15(17)11-8-9-12-13(11)16-14(19-12)10-6-4-3-5-7-10/h10-11H,2-9H2,1H3. The SMILES string of the molecule is CCOC(=O)C1CCc2sc(C3CCCCC3)nc21. The summed E-state index contributed by atoms with van der Waals surface area (Å²) >= 11 is 1.85. The number of ether oxygens (including phenoxy) is 1. The van der Waals surface area contributed by atoms with Crippen LogP contribution in [0, 0.1) is 0 Å². The summed E-state index contributed by atoms with van der Waals surface area (Å²) in [6.45, 7) is 2.33. The van der Waals surface area contributed by atoms with Crippen molar-refractivity contribution in [1.82, 2.24) is 4.98 Å². The number of aromatic nitrogens is 1. The summed E-state index contributed by atoms with van der Waals surface area (Å²) in [6, 6.07) is 0. The van der Waals surface area contributed by atoms with E-state index in [-0.39, 0.29) is 11.9 Å². The molecule has 0 spiro atoms. The summed E-state index contributed by atoms with van der Waals surface area (Å²) in [5.41, 5.74) is 1.03. The number of fused-ring (bicyclic) bond motifs is 1. The zero-order chi connectivity index (χ0) is 13.2. The molecule has 0 radical (unpaired) electrons. The van der Waals surface area contributed by atoms with Gasteiger partial charge in [0.05, 0.1) is 17.3 Å².